The second-order valence-corrected chi connectivity index (χ2v) is 5.30. The van der Waals surface area contributed by atoms with Crippen molar-refractivity contribution in [3.8, 4) is 0 Å². The molecule has 2 heterocycles. The third-order valence-corrected chi connectivity index (χ3v) is 3.69. The number of likely N-dealkylation sites (tertiary alicyclic amines) is 1. The molecule has 1 fully saturated rings. The number of nitrogen functional groups attached to an aromatic ring is 1. The Kier molecular flexibility index (Phi) is 3.18. The second-order valence-electron chi connectivity index (χ2n) is 5.30. The smallest absolute Gasteiger partial charge is 0.255 e. The van der Waals surface area contributed by atoms with Gasteiger partial charge in [-0.25, -0.2) is 0 Å². The van der Waals surface area contributed by atoms with Crippen molar-refractivity contribution in [2.75, 3.05) is 18.8 Å². The zero-order valence-electron chi connectivity index (χ0n) is 11.1. The van der Waals surface area contributed by atoms with E-state index in [0.29, 0.717) is 36.5 Å². The fourth-order valence-electron chi connectivity index (χ4n) is 2.27. The third-order valence-electron chi connectivity index (χ3n) is 3.69. The molecule has 0 spiro atoms. The monoisotopic (exact) mass is 262 g/mol. The number of rotatable bonds is 2. The van der Waals surface area contributed by atoms with Crippen LogP contribution in [0, 0.1) is 12.3 Å². The molecule has 1 aromatic heterocycles. The van der Waals surface area contributed by atoms with Crippen molar-refractivity contribution in [2.24, 2.45) is 11.1 Å². The summed E-state index contributed by atoms with van der Waals surface area (Å²) in [5.41, 5.74) is 12.0. The molecule has 1 aromatic rings. The van der Waals surface area contributed by atoms with Crippen LogP contribution in [0.15, 0.2) is 12.3 Å². The average Bonchev–Trinajstić information content (AvgIpc) is 2.76. The van der Waals surface area contributed by atoms with Gasteiger partial charge in [0.25, 0.3) is 5.91 Å². The number of carbonyl (C=O) groups excluding carboxylic acids is 2. The predicted octanol–water partition coefficient (Wildman–Crippen LogP) is 0.310. The largest absolute Gasteiger partial charge is 0.397 e. The summed E-state index contributed by atoms with van der Waals surface area (Å²) in [4.78, 5) is 29.5. The molecular weight excluding hydrogens is 244 g/mol. The summed E-state index contributed by atoms with van der Waals surface area (Å²) in [7, 11) is 0. The van der Waals surface area contributed by atoms with E-state index in [2.05, 4.69) is 4.98 Å². The number of carbonyl (C=O) groups is 2. The SMILES string of the molecule is Cc1ncc(N)cc1C(=O)N1CCC(C)(C(N)=O)C1. The number of hydrogen-bond donors (Lipinski definition) is 2. The quantitative estimate of drug-likeness (QED) is 0.800. The summed E-state index contributed by atoms with van der Waals surface area (Å²) < 4.78 is 0. The highest BCUT2D eigenvalue weighted by atomic mass is 16.2. The molecule has 2 amide bonds. The highest BCUT2D eigenvalue weighted by Crippen LogP contribution is 2.30. The molecule has 1 aliphatic rings. The molecule has 0 bridgehead atoms. The van der Waals surface area contributed by atoms with Crippen LogP contribution >= 0.6 is 0 Å². The van der Waals surface area contributed by atoms with Gasteiger partial charge in [0.05, 0.1) is 28.6 Å². The van der Waals surface area contributed by atoms with Crippen LogP contribution in [0.3, 0.4) is 0 Å². The minimum Gasteiger partial charge on any atom is -0.397 e. The number of nitrogens with two attached hydrogens (primary N) is 2. The van der Waals surface area contributed by atoms with E-state index in [-0.39, 0.29) is 11.8 Å². The summed E-state index contributed by atoms with van der Waals surface area (Å²) in [5.74, 6) is -0.521. The van der Waals surface area contributed by atoms with E-state index in [0.717, 1.165) is 0 Å². The molecule has 0 saturated carbocycles. The van der Waals surface area contributed by atoms with Gasteiger partial charge in [0.15, 0.2) is 0 Å². The Bertz CT molecular complexity index is 543. The molecular formula is C13H18N4O2. The van der Waals surface area contributed by atoms with Crippen LogP contribution in [-0.4, -0.2) is 34.8 Å². The number of pyridine rings is 1. The van der Waals surface area contributed by atoms with Crippen LogP contribution in [0.25, 0.3) is 0 Å². The van der Waals surface area contributed by atoms with Gasteiger partial charge in [-0.3, -0.25) is 14.6 Å². The van der Waals surface area contributed by atoms with E-state index in [1.807, 2.05) is 0 Å². The summed E-state index contributed by atoms with van der Waals surface area (Å²) in [6.45, 7) is 4.41. The van der Waals surface area contributed by atoms with Gasteiger partial charge in [-0.2, -0.15) is 0 Å². The Hall–Kier alpha value is -2.11. The van der Waals surface area contributed by atoms with E-state index >= 15 is 0 Å². The van der Waals surface area contributed by atoms with Gasteiger partial charge in [-0.05, 0) is 26.3 Å². The lowest BCUT2D eigenvalue weighted by Gasteiger charge is -2.21. The number of nitrogens with zero attached hydrogens (tertiary/aromatic N) is 2. The molecule has 6 heteroatoms. The number of aromatic nitrogens is 1. The Morgan fingerprint density at radius 3 is 2.74 bits per heavy atom. The van der Waals surface area contributed by atoms with E-state index in [1.165, 1.54) is 6.20 Å². The molecule has 4 N–H and O–H groups in total. The van der Waals surface area contributed by atoms with Crippen LogP contribution in [0.1, 0.15) is 29.4 Å². The van der Waals surface area contributed by atoms with Gasteiger partial charge in [0, 0.05) is 13.1 Å². The van der Waals surface area contributed by atoms with Crippen molar-refractivity contribution in [3.63, 3.8) is 0 Å². The van der Waals surface area contributed by atoms with Gasteiger partial charge >= 0.3 is 0 Å². The zero-order valence-corrected chi connectivity index (χ0v) is 11.1. The Morgan fingerprint density at radius 1 is 1.47 bits per heavy atom. The van der Waals surface area contributed by atoms with Gasteiger partial charge in [-0.1, -0.05) is 0 Å². The van der Waals surface area contributed by atoms with Gasteiger partial charge in [0.2, 0.25) is 5.91 Å². The molecule has 102 valence electrons. The maximum Gasteiger partial charge on any atom is 0.255 e. The summed E-state index contributed by atoms with van der Waals surface area (Å²) >= 11 is 0. The molecule has 1 atom stereocenters. The molecule has 1 unspecified atom stereocenters. The minimum absolute atomic E-state index is 0.151. The fourth-order valence-corrected chi connectivity index (χ4v) is 2.27. The first-order chi connectivity index (χ1) is 8.83. The van der Waals surface area contributed by atoms with E-state index in [9.17, 15) is 9.59 Å². The fraction of sp³-hybridized carbons (Fsp3) is 0.462. The lowest BCUT2D eigenvalue weighted by molar-refractivity contribution is -0.126. The van der Waals surface area contributed by atoms with Crippen molar-refractivity contribution in [3.05, 3.63) is 23.5 Å². The zero-order chi connectivity index (χ0) is 14.2. The van der Waals surface area contributed by atoms with Gasteiger partial charge < -0.3 is 16.4 Å². The van der Waals surface area contributed by atoms with Crippen molar-refractivity contribution in [1.29, 1.82) is 0 Å². The Balaban J connectivity index is 2.22. The number of primary amides is 1. The van der Waals surface area contributed by atoms with E-state index in [1.54, 1.807) is 24.8 Å². The van der Waals surface area contributed by atoms with Crippen LogP contribution < -0.4 is 11.5 Å². The lowest BCUT2D eigenvalue weighted by Crippen LogP contribution is -2.38. The molecule has 0 radical (unpaired) electrons. The predicted molar refractivity (Wildman–Crippen MR) is 71.2 cm³/mol. The minimum atomic E-state index is -0.642. The van der Waals surface area contributed by atoms with Crippen LogP contribution in [0.2, 0.25) is 0 Å². The number of anilines is 1. The van der Waals surface area contributed by atoms with Crippen molar-refractivity contribution in [1.82, 2.24) is 9.88 Å². The maximum atomic E-state index is 12.4. The number of aryl methyl sites for hydroxylation is 1. The first-order valence-corrected chi connectivity index (χ1v) is 6.15. The first kappa shape index (κ1) is 13.3. The normalized spacial score (nSPS) is 22.5. The van der Waals surface area contributed by atoms with Crippen LogP contribution in [0.4, 0.5) is 5.69 Å². The number of amides is 2. The molecule has 2 rings (SSSR count). The molecule has 0 aliphatic carbocycles. The molecule has 19 heavy (non-hydrogen) atoms. The topological polar surface area (TPSA) is 102 Å². The van der Waals surface area contributed by atoms with Crippen LogP contribution in [-0.2, 0) is 4.79 Å². The highest BCUT2D eigenvalue weighted by Gasteiger charge is 2.41. The summed E-state index contributed by atoms with van der Waals surface area (Å²) in [6.07, 6.45) is 2.10. The molecule has 6 nitrogen and oxygen atoms in total. The van der Waals surface area contributed by atoms with Crippen molar-refractivity contribution >= 4 is 17.5 Å². The Morgan fingerprint density at radius 2 is 2.16 bits per heavy atom. The van der Waals surface area contributed by atoms with Gasteiger partial charge in [-0.15, -0.1) is 0 Å². The lowest BCUT2D eigenvalue weighted by atomic mass is 9.89. The van der Waals surface area contributed by atoms with Gasteiger partial charge in [0.1, 0.15) is 0 Å². The highest BCUT2D eigenvalue weighted by molar-refractivity contribution is 5.96. The molecule has 1 saturated heterocycles. The average molecular weight is 262 g/mol. The van der Waals surface area contributed by atoms with E-state index < -0.39 is 5.41 Å². The summed E-state index contributed by atoms with van der Waals surface area (Å²) in [6, 6.07) is 1.62. The Labute approximate surface area is 111 Å². The maximum absolute atomic E-state index is 12.4. The standard InChI is InChI=1S/C13H18N4O2/c1-8-10(5-9(14)6-16-8)11(18)17-4-3-13(2,7-17)12(15)19/h5-6H,3-4,7,14H2,1-2H3,(H2,15,19). The second kappa shape index (κ2) is 4.53. The van der Waals surface area contributed by atoms with Crippen molar-refractivity contribution < 1.29 is 9.59 Å². The van der Waals surface area contributed by atoms with E-state index in [4.69, 9.17) is 11.5 Å². The van der Waals surface area contributed by atoms with Crippen molar-refractivity contribution in [2.45, 2.75) is 20.3 Å². The summed E-state index contributed by atoms with van der Waals surface area (Å²) in [5, 5.41) is 0. The first-order valence-electron chi connectivity index (χ1n) is 6.15. The third kappa shape index (κ3) is 2.38. The van der Waals surface area contributed by atoms with Crippen LogP contribution in [0.5, 0.6) is 0 Å². The molecule has 0 aromatic carbocycles. The number of hydrogen-bond acceptors (Lipinski definition) is 4. The molecule has 1 aliphatic heterocycles.